The Labute approximate surface area is 271 Å². The van der Waals surface area contributed by atoms with Gasteiger partial charge < -0.3 is 85.0 Å². The van der Waals surface area contributed by atoms with Crippen molar-refractivity contribution in [2.45, 2.75) is 132 Å². The van der Waals surface area contributed by atoms with Gasteiger partial charge in [-0.3, -0.25) is 9.59 Å². The third-order valence-corrected chi connectivity index (χ3v) is 8.16. The molecule has 19 heteroatoms. The predicted octanol–water partition coefficient (Wildman–Crippen LogP) is -5.71. The number of carbonyl (C=O) groups is 2. The van der Waals surface area contributed by atoms with Gasteiger partial charge in [0.25, 0.3) is 0 Å². The molecule has 0 aromatic heterocycles. The van der Waals surface area contributed by atoms with E-state index in [4.69, 9.17) is 28.4 Å². The third kappa shape index (κ3) is 10.2. The number of hydrogen-bond donors (Lipinski definition) is 11. The molecule has 3 saturated heterocycles. The molecular formula is C28H50N2O17. The van der Waals surface area contributed by atoms with Crippen molar-refractivity contribution in [3.63, 3.8) is 0 Å². The lowest BCUT2D eigenvalue weighted by atomic mass is 9.95. The summed E-state index contributed by atoms with van der Waals surface area (Å²) < 4.78 is 33.8. The van der Waals surface area contributed by atoms with E-state index in [9.17, 15) is 55.5 Å². The second-order valence-electron chi connectivity index (χ2n) is 11.7. The highest BCUT2D eigenvalue weighted by atomic mass is 16.8. The summed E-state index contributed by atoms with van der Waals surface area (Å²) in [5, 5.41) is 98.5. The van der Waals surface area contributed by atoms with Gasteiger partial charge in [-0.1, -0.05) is 13.3 Å². The SMILES string of the molecule is CCCCC(=O)NCCCO[C@@H]1OC(CO)[C@@H](O[C@@H]2O[C@@H](CO)[C@H](O)C(O[C@H]3OC(CO)[C@H](O)[C@H](O)C3O)C2O)[C@H](O)C1NC(C)=O. The summed E-state index contributed by atoms with van der Waals surface area (Å²) in [6, 6.07) is -1.25. The molecule has 19 nitrogen and oxygen atoms in total. The van der Waals surface area contributed by atoms with E-state index < -0.39 is 118 Å². The van der Waals surface area contributed by atoms with Gasteiger partial charge in [0.1, 0.15) is 73.2 Å². The maximum Gasteiger partial charge on any atom is 0.219 e. The second-order valence-corrected chi connectivity index (χ2v) is 11.7. The van der Waals surface area contributed by atoms with Crippen molar-refractivity contribution in [2.75, 3.05) is 33.0 Å². The van der Waals surface area contributed by atoms with E-state index in [2.05, 4.69) is 10.6 Å². The number of unbranched alkanes of at least 4 members (excludes halogenated alkanes) is 1. The molecule has 6 unspecified atom stereocenters. The molecule has 3 heterocycles. The molecule has 0 radical (unpaired) electrons. The minimum absolute atomic E-state index is 0.0443. The molecule has 3 rings (SSSR count). The highest BCUT2D eigenvalue weighted by Crippen LogP contribution is 2.32. The molecule has 0 spiro atoms. The zero-order valence-corrected chi connectivity index (χ0v) is 26.3. The molecule has 274 valence electrons. The standard InChI is InChI=1S/C28H50N2O17/c1-3-4-6-16(35)29-7-5-8-42-26-17(30-12(2)34)20(38)24(15(11-33)45-26)46-28-23(41)25(19(37)14(10-32)44-28)47-27-22(40)21(39)18(36)13(9-31)43-27/h13-15,17-28,31-33,36-41H,3-11H2,1-2H3,(H,29,35)(H,30,34)/t13?,14-,15?,17?,18-,19-,20+,21-,22?,23?,24+,25?,26+,27+,28-/m0/s1. The van der Waals surface area contributed by atoms with E-state index in [1.807, 2.05) is 6.92 Å². The van der Waals surface area contributed by atoms with Crippen molar-refractivity contribution in [3.8, 4) is 0 Å². The maximum atomic E-state index is 12.0. The summed E-state index contributed by atoms with van der Waals surface area (Å²) in [5.74, 6) is -0.669. The van der Waals surface area contributed by atoms with Gasteiger partial charge >= 0.3 is 0 Å². The normalized spacial score (nSPS) is 41.0. The second kappa shape index (κ2) is 18.9. The fraction of sp³-hybridized carbons (Fsp3) is 0.929. The van der Waals surface area contributed by atoms with E-state index in [0.29, 0.717) is 19.4 Å². The van der Waals surface area contributed by atoms with E-state index in [0.717, 1.165) is 12.8 Å². The summed E-state index contributed by atoms with van der Waals surface area (Å²) >= 11 is 0. The number of ether oxygens (including phenoxy) is 6. The Morgan fingerprint density at radius 3 is 1.85 bits per heavy atom. The lowest BCUT2D eigenvalue weighted by molar-refractivity contribution is -0.376. The maximum absolute atomic E-state index is 12.0. The van der Waals surface area contributed by atoms with E-state index in [1.165, 1.54) is 6.92 Å². The van der Waals surface area contributed by atoms with Gasteiger partial charge in [-0.2, -0.15) is 0 Å². The van der Waals surface area contributed by atoms with E-state index in [1.54, 1.807) is 0 Å². The summed E-state index contributed by atoms with van der Waals surface area (Å²) in [6.45, 7) is 1.18. The van der Waals surface area contributed by atoms with Crippen LogP contribution in [0.15, 0.2) is 0 Å². The largest absolute Gasteiger partial charge is 0.394 e. The summed E-state index contributed by atoms with van der Waals surface area (Å²) in [5.41, 5.74) is 0. The zero-order valence-electron chi connectivity index (χ0n) is 26.3. The number of aliphatic hydroxyl groups is 9. The van der Waals surface area contributed by atoms with Gasteiger partial charge in [0.05, 0.1) is 26.4 Å². The van der Waals surface area contributed by atoms with Crippen molar-refractivity contribution < 1.29 is 84.0 Å². The smallest absolute Gasteiger partial charge is 0.219 e. The third-order valence-electron chi connectivity index (χ3n) is 8.16. The molecule has 0 saturated carbocycles. The summed E-state index contributed by atoms with van der Waals surface area (Å²) in [6.07, 6.45) is -20.5. The zero-order chi connectivity index (χ0) is 34.8. The van der Waals surface area contributed by atoms with Crippen molar-refractivity contribution in [2.24, 2.45) is 0 Å². The minimum Gasteiger partial charge on any atom is -0.394 e. The van der Waals surface area contributed by atoms with Crippen LogP contribution >= 0.6 is 0 Å². The van der Waals surface area contributed by atoms with Crippen molar-refractivity contribution >= 4 is 11.8 Å². The average molecular weight is 687 g/mol. The molecule has 0 aromatic carbocycles. The van der Waals surface area contributed by atoms with Crippen LogP contribution in [0.2, 0.25) is 0 Å². The number of nitrogens with one attached hydrogen (secondary N) is 2. The molecule has 15 atom stereocenters. The lowest BCUT2D eigenvalue weighted by Gasteiger charge is -2.48. The Balaban J connectivity index is 1.71. The molecule has 3 aliphatic rings. The Bertz CT molecular complexity index is 964. The highest BCUT2D eigenvalue weighted by molar-refractivity contribution is 5.75. The van der Waals surface area contributed by atoms with Crippen LogP contribution in [0.5, 0.6) is 0 Å². The molecule has 11 N–H and O–H groups in total. The van der Waals surface area contributed by atoms with Crippen LogP contribution in [0.4, 0.5) is 0 Å². The number of hydrogen-bond acceptors (Lipinski definition) is 17. The predicted molar refractivity (Wildman–Crippen MR) is 154 cm³/mol. The molecule has 3 aliphatic heterocycles. The molecule has 2 amide bonds. The minimum atomic E-state index is -1.92. The van der Waals surface area contributed by atoms with Crippen molar-refractivity contribution in [3.05, 3.63) is 0 Å². The van der Waals surface area contributed by atoms with Gasteiger partial charge in [-0.15, -0.1) is 0 Å². The fourth-order valence-corrected chi connectivity index (χ4v) is 5.51. The van der Waals surface area contributed by atoms with Crippen molar-refractivity contribution in [1.29, 1.82) is 0 Å². The molecule has 0 bridgehead atoms. The van der Waals surface area contributed by atoms with Gasteiger partial charge in [0.15, 0.2) is 18.9 Å². The first kappa shape index (κ1) is 39.8. The van der Waals surface area contributed by atoms with Crippen LogP contribution in [0.3, 0.4) is 0 Å². The average Bonchev–Trinajstić information content (AvgIpc) is 3.05. The Hall–Kier alpha value is -1.66. The lowest BCUT2D eigenvalue weighted by Crippen LogP contribution is -2.68. The van der Waals surface area contributed by atoms with Crippen LogP contribution in [0, 0.1) is 0 Å². The Kier molecular flexibility index (Phi) is 16.0. The van der Waals surface area contributed by atoms with Crippen LogP contribution in [0.1, 0.15) is 39.5 Å². The first-order chi connectivity index (χ1) is 22.4. The van der Waals surface area contributed by atoms with Crippen molar-refractivity contribution in [1.82, 2.24) is 10.6 Å². The number of carbonyl (C=O) groups excluding carboxylic acids is 2. The number of rotatable bonds is 16. The number of aliphatic hydroxyl groups excluding tert-OH is 9. The molecule has 0 aliphatic carbocycles. The first-order valence-electron chi connectivity index (χ1n) is 15.7. The van der Waals surface area contributed by atoms with Gasteiger partial charge in [-0.25, -0.2) is 0 Å². The monoisotopic (exact) mass is 686 g/mol. The van der Waals surface area contributed by atoms with E-state index in [-0.39, 0.29) is 12.5 Å². The van der Waals surface area contributed by atoms with Gasteiger partial charge in [-0.05, 0) is 12.8 Å². The van der Waals surface area contributed by atoms with Gasteiger partial charge in [0.2, 0.25) is 11.8 Å². The summed E-state index contributed by atoms with van der Waals surface area (Å²) in [7, 11) is 0. The Morgan fingerprint density at radius 2 is 1.26 bits per heavy atom. The van der Waals surface area contributed by atoms with Crippen LogP contribution in [0.25, 0.3) is 0 Å². The molecule has 47 heavy (non-hydrogen) atoms. The fourth-order valence-electron chi connectivity index (χ4n) is 5.51. The van der Waals surface area contributed by atoms with Crippen LogP contribution in [-0.4, -0.2) is 183 Å². The van der Waals surface area contributed by atoms with E-state index >= 15 is 0 Å². The molecule has 0 aromatic rings. The quantitative estimate of drug-likeness (QED) is 0.0674. The first-order valence-corrected chi connectivity index (χ1v) is 15.7. The summed E-state index contributed by atoms with van der Waals surface area (Å²) in [4.78, 5) is 23.8. The van der Waals surface area contributed by atoms with Gasteiger partial charge in [0, 0.05) is 19.9 Å². The Morgan fingerprint density at radius 1 is 0.681 bits per heavy atom. The molecule has 3 fully saturated rings. The van der Waals surface area contributed by atoms with Crippen LogP contribution < -0.4 is 10.6 Å². The van der Waals surface area contributed by atoms with Crippen LogP contribution in [-0.2, 0) is 38.0 Å². The molecular weight excluding hydrogens is 636 g/mol. The number of amides is 2. The topological polar surface area (TPSA) is 296 Å². The highest BCUT2D eigenvalue weighted by Gasteiger charge is 2.54.